The maximum Gasteiger partial charge on any atom is 0.416 e. The molecule has 0 heterocycles. The monoisotopic (exact) mass is 506 g/mol. The van der Waals surface area contributed by atoms with E-state index in [9.17, 15) is 23.1 Å². The second kappa shape index (κ2) is 10.3. The van der Waals surface area contributed by atoms with Gasteiger partial charge in [0.25, 0.3) is 0 Å². The highest BCUT2D eigenvalue weighted by molar-refractivity contribution is 7.80. The summed E-state index contributed by atoms with van der Waals surface area (Å²) in [7, 11) is -2.47. The first-order valence-electron chi connectivity index (χ1n) is 10.8. The van der Waals surface area contributed by atoms with Crippen molar-refractivity contribution in [2.75, 3.05) is 0 Å². The smallest absolute Gasteiger partial charge is 0.416 e. The second-order valence-corrected chi connectivity index (χ2v) is 16.1. The molecule has 1 aromatic carbocycles. The molecular weight excluding hydrogens is 469 g/mol. The van der Waals surface area contributed by atoms with Crippen LogP contribution in [0.15, 0.2) is 24.3 Å². The SMILES string of the molecule is CC(C)(C)N(C(=O)O)[C@H](CCC(N)=S)[C@@H](O[Si](C)(C)C(C)(C)C)c1ccc(C(F)(F)F)cc1. The highest BCUT2D eigenvalue weighted by Crippen LogP contribution is 2.43. The lowest BCUT2D eigenvalue weighted by molar-refractivity contribution is -0.137. The third-order valence-electron chi connectivity index (χ3n) is 6.09. The van der Waals surface area contributed by atoms with E-state index in [2.05, 4.69) is 0 Å². The molecule has 33 heavy (non-hydrogen) atoms. The van der Waals surface area contributed by atoms with Gasteiger partial charge in [0.05, 0.1) is 22.7 Å². The van der Waals surface area contributed by atoms with E-state index in [1.807, 2.05) is 33.9 Å². The zero-order valence-electron chi connectivity index (χ0n) is 20.7. The lowest BCUT2D eigenvalue weighted by Crippen LogP contribution is -2.55. The maximum atomic E-state index is 13.2. The molecule has 0 bridgehead atoms. The van der Waals surface area contributed by atoms with E-state index in [1.165, 1.54) is 17.0 Å². The molecule has 5 nitrogen and oxygen atoms in total. The molecule has 2 atom stereocenters. The lowest BCUT2D eigenvalue weighted by Gasteiger charge is -2.47. The molecule has 0 radical (unpaired) electrons. The van der Waals surface area contributed by atoms with Crippen molar-refractivity contribution >= 4 is 31.6 Å². The van der Waals surface area contributed by atoms with Crippen molar-refractivity contribution in [2.24, 2.45) is 5.73 Å². The predicted octanol–water partition coefficient (Wildman–Crippen LogP) is 6.98. The van der Waals surface area contributed by atoms with Crippen LogP contribution in [0.5, 0.6) is 0 Å². The molecule has 3 N–H and O–H groups in total. The molecule has 0 fully saturated rings. The number of rotatable bonds is 8. The summed E-state index contributed by atoms with van der Waals surface area (Å²) in [5.74, 6) is 0. The van der Waals surface area contributed by atoms with Crippen LogP contribution in [0, 0.1) is 0 Å². The van der Waals surface area contributed by atoms with Crippen LogP contribution < -0.4 is 5.73 Å². The van der Waals surface area contributed by atoms with E-state index in [0.29, 0.717) is 5.56 Å². The summed E-state index contributed by atoms with van der Waals surface area (Å²) in [6.07, 6.45) is -5.86. The van der Waals surface area contributed by atoms with Gasteiger partial charge in [0.15, 0.2) is 8.32 Å². The molecule has 10 heteroatoms. The third-order valence-corrected chi connectivity index (χ3v) is 10.8. The Bertz CT molecular complexity index is 831. The van der Waals surface area contributed by atoms with Crippen molar-refractivity contribution in [1.82, 2.24) is 4.90 Å². The van der Waals surface area contributed by atoms with Gasteiger partial charge < -0.3 is 15.3 Å². The first kappa shape index (κ1) is 29.4. The quantitative estimate of drug-likeness (QED) is 0.294. The summed E-state index contributed by atoms with van der Waals surface area (Å²) in [6, 6.07) is 4.04. The van der Waals surface area contributed by atoms with Gasteiger partial charge in [-0.25, -0.2) is 4.79 Å². The van der Waals surface area contributed by atoms with E-state index in [4.69, 9.17) is 22.4 Å². The summed E-state index contributed by atoms with van der Waals surface area (Å²) in [5, 5.41) is 9.91. The van der Waals surface area contributed by atoms with Crippen molar-refractivity contribution in [3.8, 4) is 0 Å². The van der Waals surface area contributed by atoms with Gasteiger partial charge in [0, 0.05) is 5.54 Å². The number of benzene rings is 1. The fourth-order valence-electron chi connectivity index (χ4n) is 3.36. The van der Waals surface area contributed by atoms with Crippen molar-refractivity contribution in [1.29, 1.82) is 0 Å². The van der Waals surface area contributed by atoms with Crippen LogP contribution in [-0.4, -0.2) is 41.0 Å². The molecule has 0 aromatic heterocycles. The molecule has 1 amide bonds. The normalized spacial score (nSPS) is 15.1. The lowest BCUT2D eigenvalue weighted by atomic mass is 9.92. The Labute approximate surface area is 201 Å². The summed E-state index contributed by atoms with van der Waals surface area (Å²) >= 11 is 5.04. The van der Waals surface area contributed by atoms with E-state index in [1.54, 1.807) is 20.8 Å². The molecule has 0 unspecified atom stereocenters. The Hall–Kier alpha value is -1.65. The first-order valence-corrected chi connectivity index (χ1v) is 14.2. The van der Waals surface area contributed by atoms with E-state index >= 15 is 0 Å². The summed E-state index contributed by atoms with van der Waals surface area (Å²) in [5.41, 5.74) is 4.65. The standard InChI is InChI=1S/C23H37F3N2O3SSi/c1-21(2,3)28(20(29)30)17(13-14-18(27)32)19(31-33(7,8)22(4,5)6)15-9-11-16(12-10-15)23(24,25)26/h9-12,17,19H,13-14H2,1-8H3,(H2,27,32)(H,29,30)/t17-,19+/m1/s1. The zero-order chi connectivity index (χ0) is 26.0. The summed E-state index contributed by atoms with van der Waals surface area (Å²) < 4.78 is 46.2. The van der Waals surface area contributed by atoms with Crippen molar-refractivity contribution < 1.29 is 27.5 Å². The minimum absolute atomic E-state index is 0.208. The van der Waals surface area contributed by atoms with Gasteiger partial charge in [-0.05, 0) is 69.4 Å². The fourth-order valence-corrected chi connectivity index (χ4v) is 4.76. The van der Waals surface area contributed by atoms with Gasteiger partial charge in [-0.15, -0.1) is 0 Å². The summed E-state index contributed by atoms with van der Waals surface area (Å²) in [6.45, 7) is 15.5. The second-order valence-electron chi connectivity index (χ2n) is 10.8. The van der Waals surface area contributed by atoms with E-state index in [0.717, 1.165) is 12.1 Å². The number of alkyl halides is 3. The first-order chi connectivity index (χ1) is 14.7. The number of halogens is 3. The van der Waals surface area contributed by atoms with E-state index in [-0.39, 0.29) is 22.9 Å². The molecule has 0 aliphatic rings. The number of amides is 1. The molecule has 0 spiro atoms. The van der Waals surface area contributed by atoms with Crippen LogP contribution in [-0.2, 0) is 10.6 Å². The van der Waals surface area contributed by atoms with E-state index < -0.39 is 43.8 Å². The Morgan fingerprint density at radius 1 is 1.12 bits per heavy atom. The van der Waals surface area contributed by atoms with Crippen molar-refractivity contribution in [2.45, 2.75) is 96.4 Å². The number of nitrogens with two attached hydrogens (primary N) is 1. The maximum absolute atomic E-state index is 13.2. The fraction of sp³-hybridized carbons (Fsp3) is 0.652. The van der Waals surface area contributed by atoms with Crippen LogP contribution in [0.4, 0.5) is 18.0 Å². The van der Waals surface area contributed by atoms with Gasteiger partial charge in [-0.3, -0.25) is 4.90 Å². The van der Waals surface area contributed by atoms with Gasteiger partial charge in [-0.2, -0.15) is 13.2 Å². The molecule has 0 aliphatic carbocycles. The zero-order valence-corrected chi connectivity index (χ0v) is 22.5. The van der Waals surface area contributed by atoms with Crippen LogP contribution >= 0.6 is 12.2 Å². The molecule has 1 rings (SSSR count). The minimum Gasteiger partial charge on any atom is -0.465 e. The van der Waals surface area contributed by atoms with Gasteiger partial charge in [0.1, 0.15) is 0 Å². The van der Waals surface area contributed by atoms with Crippen molar-refractivity contribution in [3.63, 3.8) is 0 Å². The third kappa shape index (κ3) is 7.96. The molecule has 0 saturated carbocycles. The van der Waals surface area contributed by atoms with Crippen molar-refractivity contribution in [3.05, 3.63) is 35.4 Å². The number of carbonyl (C=O) groups is 1. The van der Waals surface area contributed by atoms with Crippen LogP contribution in [0.3, 0.4) is 0 Å². The van der Waals surface area contributed by atoms with Gasteiger partial charge >= 0.3 is 12.3 Å². The average molecular weight is 507 g/mol. The average Bonchev–Trinajstić information content (AvgIpc) is 2.60. The number of nitrogens with zero attached hydrogens (tertiary/aromatic N) is 1. The van der Waals surface area contributed by atoms with Crippen LogP contribution in [0.2, 0.25) is 18.1 Å². The summed E-state index contributed by atoms with van der Waals surface area (Å²) in [4.78, 5) is 13.9. The van der Waals surface area contributed by atoms with Crippen LogP contribution in [0.25, 0.3) is 0 Å². The molecule has 0 aliphatic heterocycles. The van der Waals surface area contributed by atoms with Crippen LogP contribution in [0.1, 0.15) is 71.6 Å². The Kier molecular flexibility index (Phi) is 9.18. The Balaban J connectivity index is 3.71. The predicted molar refractivity (Wildman–Crippen MR) is 132 cm³/mol. The highest BCUT2D eigenvalue weighted by atomic mass is 32.1. The minimum atomic E-state index is -4.47. The number of carboxylic acid groups (broad SMARTS) is 1. The number of hydrogen-bond acceptors (Lipinski definition) is 3. The molecular formula is C23H37F3N2O3SSi. The molecule has 0 saturated heterocycles. The van der Waals surface area contributed by atoms with Gasteiger partial charge in [0.2, 0.25) is 0 Å². The number of hydrogen-bond donors (Lipinski definition) is 2. The Morgan fingerprint density at radius 3 is 1.94 bits per heavy atom. The molecule has 1 aromatic rings. The highest BCUT2D eigenvalue weighted by Gasteiger charge is 2.45. The topological polar surface area (TPSA) is 75.8 Å². The number of thiocarbonyl (C=S) groups is 1. The Morgan fingerprint density at radius 2 is 1.61 bits per heavy atom. The largest absolute Gasteiger partial charge is 0.465 e. The van der Waals surface area contributed by atoms with Gasteiger partial charge in [-0.1, -0.05) is 45.1 Å². The molecule has 188 valence electrons.